The first-order valence-corrected chi connectivity index (χ1v) is 8.08. The van der Waals surface area contributed by atoms with E-state index in [1.807, 2.05) is 31.2 Å². The molecule has 2 atom stereocenters. The number of benzene rings is 1. The van der Waals surface area contributed by atoms with Crippen LogP contribution in [0.2, 0.25) is 0 Å². The third-order valence-electron chi connectivity index (χ3n) is 3.75. The quantitative estimate of drug-likeness (QED) is 0.709. The largest absolute Gasteiger partial charge is 0.494 e. The number of nitrogens with one attached hydrogen (secondary N) is 1. The van der Waals surface area contributed by atoms with Crippen LogP contribution >= 0.6 is 0 Å². The highest BCUT2D eigenvalue weighted by atomic mass is 16.6. The van der Waals surface area contributed by atoms with E-state index in [1.54, 1.807) is 0 Å². The number of hydrogen-bond acceptors (Lipinski definition) is 5. The Labute approximate surface area is 141 Å². The third-order valence-corrected chi connectivity index (χ3v) is 3.75. The molecule has 1 aromatic carbocycles. The molecule has 3 N–H and O–H groups in total. The van der Waals surface area contributed by atoms with Gasteiger partial charge in [-0.2, -0.15) is 0 Å². The van der Waals surface area contributed by atoms with Gasteiger partial charge < -0.3 is 25.3 Å². The van der Waals surface area contributed by atoms with E-state index < -0.39 is 17.9 Å². The van der Waals surface area contributed by atoms with Crippen molar-refractivity contribution in [3.05, 3.63) is 29.8 Å². The second-order valence-corrected chi connectivity index (χ2v) is 5.56. The van der Waals surface area contributed by atoms with Crippen molar-refractivity contribution in [2.24, 2.45) is 11.7 Å². The van der Waals surface area contributed by atoms with Crippen LogP contribution in [-0.2, 0) is 25.5 Å². The van der Waals surface area contributed by atoms with Crippen molar-refractivity contribution in [3.8, 4) is 5.75 Å². The summed E-state index contributed by atoms with van der Waals surface area (Å²) >= 11 is 0. The van der Waals surface area contributed by atoms with E-state index in [2.05, 4.69) is 5.32 Å². The summed E-state index contributed by atoms with van der Waals surface area (Å²) in [7, 11) is 0. The van der Waals surface area contributed by atoms with Gasteiger partial charge in [0.25, 0.3) is 5.91 Å². The lowest BCUT2D eigenvalue weighted by Crippen LogP contribution is -2.46. The van der Waals surface area contributed by atoms with E-state index in [0.717, 1.165) is 11.3 Å². The maximum atomic E-state index is 12.0. The van der Waals surface area contributed by atoms with E-state index in [4.69, 9.17) is 19.9 Å². The molecule has 132 valence electrons. The lowest BCUT2D eigenvalue weighted by Gasteiger charge is -2.23. The third kappa shape index (κ3) is 5.50. The highest BCUT2D eigenvalue weighted by Crippen LogP contribution is 2.15. The summed E-state index contributed by atoms with van der Waals surface area (Å²) in [5.41, 5.74) is 6.41. The van der Waals surface area contributed by atoms with E-state index in [0.29, 0.717) is 26.2 Å². The normalized spacial score (nSPS) is 18.6. The van der Waals surface area contributed by atoms with Crippen molar-refractivity contribution in [3.63, 3.8) is 0 Å². The monoisotopic (exact) mass is 336 g/mol. The molecule has 2 amide bonds. The Morgan fingerprint density at radius 2 is 2.08 bits per heavy atom. The van der Waals surface area contributed by atoms with Crippen LogP contribution in [0.4, 0.5) is 0 Å². The summed E-state index contributed by atoms with van der Waals surface area (Å²) in [6.45, 7) is 3.80. The molecule has 1 aliphatic heterocycles. The summed E-state index contributed by atoms with van der Waals surface area (Å²) in [5.74, 6) is -0.450. The summed E-state index contributed by atoms with van der Waals surface area (Å²) in [4.78, 5) is 23.7. The van der Waals surface area contributed by atoms with Crippen LogP contribution in [0.15, 0.2) is 24.3 Å². The van der Waals surface area contributed by atoms with Gasteiger partial charge in [0.15, 0.2) is 6.10 Å². The lowest BCUT2D eigenvalue weighted by molar-refractivity contribution is -0.147. The average molecular weight is 336 g/mol. The summed E-state index contributed by atoms with van der Waals surface area (Å²) in [6, 6.07) is 7.48. The van der Waals surface area contributed by atoms with Gasteiger partial charge in [-0.15, -0.1) is 0 Å². The second kappa shape index (κ2) is 9.24. The van der Waals surface area contributed by atoms with Crippen molar-refractivity contribution in [1.29, 1.82) is 0 Å². The molecule has 2 rings (SSSR count). The Morgan fingerprint density at radius 1 is 1.33 bits per heavy atom. The van der Waals surface area contributed by atoms with Gasteiger partial charge in [-0.25, -0.2) is 0 Å². The van der Waals surface area contributed by atoms with E-state index in [1.165, 1.54) is 0 Å². The Morgan fingerprint density at radius 3 is 2.67 bits per heavy atom. The predicted molar refractivity (Wildman–Crippen MR) is 87.6 cm³/mol. The highest BCUT2D eigenvalue weighted by molar-refractivity contribution is 5.82. The van der Waals surface area contributed by atoms with Gasteiger partial charge in [0.2, 0.25) is 5.91 Å². The smallest absolute Gasteiger partial charge is 0.251 e. The fourth-order valence-electron chi connectivity index (χ4n) is 2.42. The zero-order valence-electron chi connectivity index (χ0n) is 13.8. The van der Waals surface area contributed by atoms with Crippen LogP contribution in [0, 0.1) is 5.92 Å². The first-order valence-electron chi connectivity index (χ1n) is 8.08. The molecule has 7 heteroatoms. The molecule has 0 spiro atoms. The first-order chi connectivity index (χ1) is 11.6. The van der Waals surface area contributed by atoms with E-state index in [9.17, 15) is 9.59 Å². The van der Waals surface area contributed by atoms with Crippen LogP contribution < -0.4 is 15.8 Å². The molecular formula is C17H24N2O5. The predicted octanol–water partition coefficient (Wildman–Crippen LogP) is 0.261. The fraction of sp³-hybridized carbons (Fsp3) is 0.529. The molecule has 1 aromatic rings. The van der Waals surface area contributed by atoms with Crippen LogP contribution in [-0.4, -0.2) is 50.9 Å². The number of rotatable bonds is 8. The van der Waals surface area contributed by atoms with Gasteiger partial charge in [0.1, 0.15) is 5.75 Å². The Kier molecular flexibility index (Phi) is 7.02. The number of primary amides is 1. The topological polar surface area (TPSA) is 99.9 Å². The van der Waals surface area contributed by atoms with Gasteiger partial charge in [0.05, 0.1) is 32.3 Å². The van der Waals surface area contributed by atoms with E-state index >= 15 is 0 Å². The summed E-state index contributed by atoms with van der Waals surface area (Å²) < 4.78 is 15.9. The number of hydrogen-bond donors (Lipinski definition) is 2. The standard InChI is InChI=1S/C17H24N2O5/c1-2-23-14-5-3-12(4-6-14)9-13(16(18)20)10-19-17(21)15-11-22-7-8-24-15/h3-6,13,15H,2,7-11H2,1H3,(H2,18,20)(H,19,21). The molecule has 24 heavy (non-hydrogen) atoms. The molecule has 0 aromatic heterocycles. The number of carbonyl (C=O) groups excluding carboxylic acids is 2. The zero-order valence-corrected chi connectivity index (χ0v) is 13.8. The van der Waals surface area contributed by atoms with Crippen LogP contribution in [0.3, 0.4) is 0 Å². The van der Waals surface area contributed by atoms with Crippen molar-refractivity contribution >= 4 is 11.8 Å². The Balaban J connectivity index is 1.87. The van der Waals surface area contributed by atoms with E-state index in [-0.39, 0.29) is 19.1 Å². The molecule has 1 aliphatic rings. The zero-order chi connectivity index (χ0) is 17.4. The number of ether oxygens (including phenoxy) is 3. The maximum absolute atomic E-state index is 12.0. The SMILES string of the molecule is CCOc1ccc(CC(CNC(=O)C2COCCO2)C(N)=O)cc1. The molecular weight excluding hydrogens is 312 g/mol. The van der Waals surface area contributed by atoms with Crippen molar-refractivity contribution in [2.75, 3.05) is 33.0 Å². The van der Waals surface area contributed by atoms with Gasteiger partial charge in [-0.3, -0.25) is 9.59 Å². The number of carbonyl (C=O) groups is 2. The Hall–Kier alpha value is -2.12. The molecule has 0 saturated carbocycles. The average Bonchev–Trinajstić information content (AvgIpc) is 2.60. The minimum atomic E-state index is -0.627. The van der Waals surface area contributed by atoms with Gasteiger partial charge in [0, 0.05) is 6.54 Å². The fourth-order valence-corrected chi connectivity index (χ4v) is 2.42. The molecule has 1 heterocycles. The molecule has 0 aliphatic carbocycles. The number of amides is 2. The van der Waals surface area contributed by atoms with Gasteiger partial charge >= 0.3 is 0 Å². The van der Waals surface area contributed by atoms with Crippen molar-refractivity contribution < 1.29 is 23.8 Å². The van der Waals surface area contributed by atoms with Crippen molar-refractivity contribution in [1.82, 2.24) is 5.32 Å². The summed E-state index contributed by atoms with van der Waals surface area (Å²) in [5, 5.41) is 2.72. The minimum Gasteiger partial charge on any atom is -0.494 e. The Bertz CT molecular complexity index is 540. The second-order valence-electron chi connectivity index (χ2n) is 5.56. The number of nitrogens with two attached hydrogens (primary N) is 1. The van der Waals surface area contributed by atoms with Crippen molar-refractivity contribution in [2.45, 2.75) is 19.4 Å². The van der Waals surface area contributed by atoms with Crippen LogP contribution in [0.1, 0.15) is 12.5 Å². The molecule has 7 nitrogen and oxygen atoms in total. The molecule has 2 unspecified atom stereocenters. The maximum Gasteiger partial charge on any atom is 0.251 e. The van der Waals surface area contributed by atoms with Crippen LogP contribution in [0.25, 0.3) is 0 Å². The first kappa shape index (κ1) is 18.2. The van der Waals surface area contributed by atoms with Gasteiger partial charge in [-0.1, -0.05) is 12.1 Å². The molecule has 0 radical (unpaired) electrons. The molecule has 1 fully saturated rings. The van der Waals surface area contributed by atoms with Gasteiger partial charge in [-0.05, 0) is 31.0 Å². The highest BCUT2D eigenvalue weighted by Gasteiger charge is 2.24. The molecule has 1 saturated heterocycles. The molecule has 0 bridgehead atoms. The van der Waals surface area contributed by atoms with Crippen LogP contribution in [0.5, 0.6) is 5.75 Å². The minimum absolute atomic E-state index is 0.168. The summed E-state index contributed by atoms with van der Waals surface area (Å²) in [6.07, 6.45) is -0.179. The lowest BCUT2D eigenvalue weighted by atomic mass is 9.98.